The summed E-state index contributed by atoms with van der Waals surface area (Å²) in [6.45, 7) is 10.7. The van der Waals surface area contributed by atoms with E-state index in [1.54, 1.807) is 20.8 Å². The Bertz CT molecular complexity index is 405. The largest absolute Gasteiger partial charge is 0.481 e. The minimum absolute atomic E-state index is 0.120. The molecule has 0 aliphatic heterocycles. The highest BCUT2D eigenvalue weighted by atomic mass is 31.1. The average Bonchev–Trinajstić information content (AvgIpc) is 2.23. The molecule has 2 unspecified atom stereocenters. The number of carboxylic acid groups (broad SMARTS) is 1. The van der Waals surface area contributed by atoms with Crippen molar-refractivity contribution in [1.82, 2.24) is 0 Å². The fourth-order valence-electron chi connectivity index (χ4n) is 1.75. The van der Waals surface area contributed by atoms with E-state index >= 15 is 0 Å². The van der Waals surface area contributed by atoms with Crippen molar-refractivity contribution >= 4 is 20.0 Å². The molecule has 0 radical (unpaired) electrons. The van der Waals surface area contributed by atoms with Crippen LogP contribution in [0.2, 0.25) is 0 Å². The second kappa shape index (κ2) is 8.68. The number of hydrogen-bond acceptors (Lipinski definition) is 5. The van der Waals surface area contributed by atoms with Crippen LogP contribution in [-0.2, 0) is 23.4 Å². The lowest BCUT2D eigenvalue weighted by Gasteiger charge is -2.24. The number of carbonyl (C=O) groups is 2. The van der Waals surface area contributed by atoms with Crippen molar-refractivity contribution < 1.29 is 28.5 Å². The highest BCUT2D eigenvalue weighted by molar-refractivity contribution is 7.39. The van der Waals surface area contributed by atoms with E-state index in [4.69, 9.17) is 14.4 Å². The Labute approximate surface area is 133 Å². The zero-order valence-corrected chi connectivity index (χ0v) is 15.4. The zero-order chi connectivity index (χ0) is 17.6. The van der Waals surface area contributed by atoms with Crippen molar-refractivity contribution in [3.8, 4) is 0 Å². The van der Waals surface area contributed by atoms with Gasteiger partial charge in [-0.05, 0) is 54.4 Å². The third kappa shape index (κ3) is 11.8. The van der Waals surface area contributed by atoms with E-state index in [2.05, 4.69) is 0 Å². The molecule has 0 aliphatic carbocycles. The topological polar surface area (TPSA) is 89.9 Å². The molecule has 1 N–H and O–H groups in total. The lowest BCUT2D eigenvalue weighted by atomic mass is 10.00. The summed E-state index contributed by atoms with van der Waals surface area (Å²) in [4.78, 5) is 22.8. The van der Waals surface area contributed by atoms with Crippen molar-refractivity contribution in [2.75, 3.05) is 6.16 Å². The van der Waals surface area contributed by atoms with E-state index in [0.29, 0.717) is 6.42 Å². The molecule has 0 spiro atoms. The summed E-state index contributed by atoms with van der Waals surface area (Å²) in [6, 6.07) is 0. The Kier molecular flexibility index (Phi) is 8.34. The van der Waals surface area contributed by atoms with Gasteiger partial charge in [-0.1, -0.05) is 0 Å². The minimum atomic E-state index is -2.26. The molecule has 7 heteroatoms. The third-order valence-corrected chi connectivity index (χ3v) is 4.10. The Morgan fingerprint density at radius 2 is 1.59 bits per heavy atom. The first-order valence-corrected chi connectivity index (χ1v) is 8.99. The van der Waals surface area contributed by atoms with Crippen LogP contribution < -0.4 is 0 Å². The van der Waals surface area contributed by atoms with Gasteiger partial charge in [-0.25, -0.2) is 0 Å². The molecule has 0 rings (SSSR count). The van der Waals surface area contributed by atoms with Crippen molar-refractivity contribution in [1.29, 1.82) is 0 Å². The molecule has 22 heavy (non-hydrogen) atoms. The fourth-order valence-corrected chi connectivity index (χ4v) is 3.12. The summed E-state index contributed by atoms with van der Waals surface area (Å²) in [6.07, 6.45) is 0.599. The van der Waals surface area contributed by atoms with Crippen LogP contribution in [0.3, 0.4) is 0 Å². The molecule has 130 valence electrons. The van der Waals surface area contributed by atoms with Crippen LogP contribution in [0.4, 0.5) is 0 Å². The fraction of sp³-hybridized carbons (Fsp3) is 0.867. The summed E-state index contributed by atoms with van der Waals surface area (Å²) in [5, 5.41) is 8.77. The predicted molar refractivity (Wildman–Crippen MR) is 85.5 cm³/mol. The number of hydrogen-bond donors (Lipinski definition) is 1. The lowest BCUT2D eigenvalue weighted by Crippen LogP contribution is -2.29. The van der Waals surface area contributed by atoms with Crippen LogP contribution in [0.15, 0.2) is 0 Å². The highest BCUT2D eigenvalue weighted by Crippen LogP contribution is 2.32. The predicted octanol–water partition coefficient (Wildman–Crippen LogP) is 3.49. The lowest BCUT2D eigenvalue weighted by molar-refractivity contribution is -0.160. The van der Waals surface area contributed by atoms with Crippen LogP contribution in [0.1, 0.15) is 60.8 Å². The molecule has 0 heterocycles. The van der Waals surface area contributed by atoms with Crippen LogP contribution >= 0.6 is 8.03 Å². The SMILES string of the molecule is CC(C)(C)OC(=O)C(CCC(=O)O)CC[PH](=O)OC(C)(C)C. The van der Waals surface area contributed by atoms with Gasteiger partial charge in [-0.2, -0.15) is 0 Å². The van der Waals surface area contributed by atoms with Crippen LogP contribution in [0, 0.1) is 5.92 Å². The van der Waals surface area contributed by atoms with Crippen molar-refractivity contribution in [2.24, 2.45) is 5.92 Å². The maximum Gasteiger partial charge on any atom is 0.309 e. The van der Waals surface area contributed by atoms with Crippen LogP contribution in [0.5, 0.6) is 0 Å². The first-order valence-electron chi connectivity index (χ1n) is 7.46. The second-order valence-corrected chi connectivity index (χ2v) is 8.74. The van der Waals surface area contributed by atoms with Crippen molar-refractivity contribution in [3.05, 3.63) is 0 Å². The molecule has 0 aromatic rings. The van der Waals surface area contributed by atoms with Crippen molar-refractivity contribution in [3.63, 3.8) is 0 Å². The molecule has 2 atom stereocenters. The van der Waals surface area contributed by atoms with E-state index in [1.807, 2.05) is 20.8 Å². The number of ether oxygens (including phenoxy) is 1. The first kappa shape index (κ1) is 21.1. The van der Waals surface area contributed by atoms with E-state index in [0.717, 1.165) is 0 Å². The Balaban J connectivity index is 4.63. The molecule has 0 amide bonds. The van der Waals surface area contributed by atoms with Gasteiger partial charge in [0.25, 0.3) is 0 Å². The van der Waals surface area contributed by atoms with Crippen LogP contribution in [-0.4, -0.2) is 34.4 Å². The molecular formula is C15H29O6P. The summed E-state index contributed by atoms with van der Waals surface area (Å²) < 4.78 is 22.6. The van der Waals surface area contributed by atoms with Gasteiger partial charge in [0.15, 0.2) is 8.03 Å². The summed E-state index contributed by atoms with van der Waals surface area (Å²) >= 11 is 0. The summed E-state index contributed by atoms with van der Waals surface area (Å²) in [5.74, 6) is -1.99. The van der Waals surface area contributed by atoms with Gasteiger partial charge in [0.2, 0.25) is 0 Å². The molecule has 0 saturated carbocycles. The number of carbonyl (C=O) groups excluding carboxylic acids is 1. The molecule has 0 saturated heterocycles. The van der Waals surface area contributed by atoms with E-state index in [-0.39, 0.29) is 19.0 Å². The van der Waals surface area contributed by atoms with Gasteiger partial charge in [0.05, 0.1) is 11.5 Å². The molecule has 0 aromatic carbocycles. The smallest absolute Gasteiger partial charge is 0.309 e. The maximum atomic E-state index is 12.1. The van der Waals surface area contributed by atoms with Gasteiger partial charge < -0.3 is 14.4 Å². The zero-order valence-electron chi connectivity index (χ0n) is 14.4. The molecule has 0 fully saturated rings. The number of carboxylic acids is 1. The minimum Gasteiger partial charge on any atom is -0.481 e. The highest BCUT2D eigenvalue weighted by Gasteiger charge is 2.26. The standard InChI is InChI=1S/C15H29O6P/c1-14(2,3)20-13(18)11(7-8-12(16)17)9-10-22(19)21-15(4,5)6/h11,22H,7-10H2,1-6H3,(H,16,17). The number of rotatable bonds is 8. The van der Waals surface area contributed by atoms with Crippen molar-refractivity contribution in [2.45, 2.75) is 72.0 Å². The van der Waals surface area contributed by atoms with E-state index < -0.39 is 37.1 Å². The quantitative estimate of drug-likeness (QED) is 0.539. The Morgan fingerprint density at radius 1 is 1.05 bits per heavy atom. The summed E-state index contributed by atoms with van der Waals surface area (Å²) in [7, 11) is -2.26. The monoisotopic (exact) mass is 336 g/mol. The molecule has 0 aromatic heterocycles. The molecule has 6 nitrogen and oxygen atoms in total. The molecule has 0 bridgehead atoms. The van der Waals surface area contributed by atoms with E-state index in [9.17, 15) is 14.2 Å². The maximum absolute atomic E-state index is 12.1. The Hall–Kier alpha value is -0.870. The van der Waals surface area contributed by atoms with Gasteiger partial charge in [-0.3, -0.25) is 14.2 Å². The van der Waals surface area contributed by atoms with Crippen LogP contribution in [0.25, 0.3) is 0 Å². The Morgan fingerprint density at radius 3 is 2.00 bits per heavy atom. The number of aliphatic carboxylic acids is 1. The van der Waals surface area contributed by atoms with Gasteiger partial charge in [0, 0.05) is 12.6 Å². The molecule has 0 aliphatic rings. The normalized spacial score (nSPS) is 15.2. The van der Waals surface area contributed by atoms with Gasteiger partial charge in [-0.15, -0.1) is 0 Å². The van der Waals surface area contributed by atoms with Gasteiger partial charge in [0.1, 0.15) is 5.60 Å². The third-order valence-electron chi connectivity index (χ3n) is 2.56. The summed E-state index contributed by atoms with van der Waals surface area (Å²) in [5.41, 5.74) is -1.13. The van der Waals surface area contributed by atoms with Gasteiger partial charge >= 0.3 is 11.9 Å². The second-order valence-electron chi connectivity index (χ2n) is 7.29. The molecular weight excluding hydrogens is 307 g/mol. The average molecular weight is 336 g/mol. The van der Waals surface area contributed by atoms with E-state index in [1.165, 1.54) is 0 Å². The first-order chi connectivity index (χ1) is 9.80. The number of esters is 1.